The Hall–Kier alpha value is -1.79. The molecule has 12 atom stereocenters. The summed E-state index contributed by atoms with van der Waals surface area (Å²) in [4.78, 5) is 13.3. The predicted molar refractivity (Wildman–Crippen MR) is 355 cm³/mol. The van der Waals surface area contributed by atoms with Crippen LogP contribution in [-0.2, 0) is 23.7 Å². The van der Waals surface area contributed by atoms with Gasteiger partial charge in [-0.3, -0.25) is 4.79 Å². The zero-order chi connectivity index (χ0) is 63.1. The van der Waals surface area contributed by atoms with Crippen LogP contribution >= 0.6 is 0 Å². The number of rotatable bonds is 61. The predicted octanol–water partition coefficient (Wildman–Crippen LogP) is 15.3. The normalized spacial score (nSPS) is 23.4. The molecule has 0 aliphatic carbocycles. The largest absolute Gasteiger partial charge is 0.394 e. The molecule has 12 unspecified atom stereocenters. The summed E-state index contributed by atoms with van der Waals surface area (Å²) in [6.07, 6.45) is 57.9. The average Bonchev–Trinajstić information content (AvgIpc) is 2.33. The summed E-state index contributed by atoms with van der Waals surface area (Å²) in [7, 11) is 0. The van der Waals surface area contributed by atoms with Crippen LogP contribution in [0.4, 0.5) is 0 Å². The van der Waals surface area contributed by atoms with E-state index in [1.54, 1.807) is 6.08 Å². The minimum Gasteiger partial charge on any atom is -0.394 e. The molecule has 14 heteroatoms. The zero-order valence-electron chi connectivity index (χ0n) is 55.8. The first-order valence-corrected chi connectivity index (χ1v) is 36.7. The Balaban J connectivity index is 1.65. The summed E-state index contributed by atoms with van der Waals surface area (Å²) < 4.78 is 22.8. The van der Waals surface area contributed by atoms with E-state index in [2.05, 4.69) is 43.5 Å². The SMILES string of the molecule is CCCCCCCCCCCCC/C=C/CC/C=C/CC/C=C/C(O)C(COC1OC(CO)C(OC2OC(CO)C(O)C(O)C2O)C(O)C1O)NC(=O)CCCCCCCCCCCCCCCCCCCCCCCCCCCCCCCCCC. The fourth-order valence-corrected chi connectivity index (χ4v) is 12.2. The van der Waals surface area contributed by atoms with E-state index in [1.807, 2.05) is 6.08 Å². The second kappa shape index (κ2) is 58.1. The lowest BCUT2D eigenvalue weighted by Crippen LogP contribution is -2.65. The van der Waals surface area contributed by atoms with Crippen molar-refractivity contribution in [2.75, 3.05) is 19.8 Å². The highest BCUT2D eigenvalue weighted by molar-refractivity contribution is 5.76. The third kappa shape index (κ3) is 42.1. The van der Waals surface area contributed by atoms with Crippen LogP contribution in [0.15, 0.2) is 36.5 Å². The smallest absolute Gasteiger partial charge is 0.220 e. The summed E-state index contributed by atoms with van der Waals surface area (Å²) in [5, 5.41) is 87.4. The molecule has 0 aromatic rings. The van der Waals surface area contributed by atoms with Crippen molar-refractivity contribution in [2.45, 2.75) is 402 Å². The van der Waals surface area contributed by atoms with Crippen LogP contribution < -0.4 is 5.32 Å². The maximum atomic E-state index is 13.3. The van der Waals surface area contributed by atoms with Crippen LogP contribution in [0.2, 0.25) is 0 Å². The quantitative estimate of drug-likeness (QED) is 0.0204. The van der Waals surface area contributed by atoms with E-state index in [0.717, 1.165) is 44.9 Å². The number of unbranched alkanes of at least 4 members (excludes halogenated alkanes) is 44. The van der Waals surface area contributed by atoms with Gasteiger partial charge in [0, 0.05) is 6.42 Å². The Kier molecular flexibility index (Phi) is 54.3. The molecule has 0 spiro atoms. The molecule has 0 bridgehead atoms. The van der Waals surface area contributed by atoms with Gasteiger partial charge in [-0.25, -0.2) is 0 Å². The van der Waals surface area contributed by atoms with Crippen LogP contribution in [-0.4, -0.2) is 140 Å². The lowest BCUT2D eigenvalue weighted by atomic mass is 9.97. The van der Waals surface area contributed by atoms with Gasteiger partial charge < -0.3 is 65.1 Å². The van der Waals surface area contributed by atoms with E-state index in [-0.39, 0.29) is 18.9 Å². The number of hydrogen-bond acceptors (Lipinski definition) is 13. The van der Waals surface area contributed by atoms with Gasteiger partial charge in [-0.1, -0.05) is 314 Å². The molecule has 2 rings (SSSR count). The third-order valence-corrected chi connectivity index (χ3v) is 18.1. The summed E-state index contributed by atoms with van der Waals surface area (Å²) in [5.41, 5.74) is 0. The van der Waals surface area contributed by atoms with Crippen molar-refractivity contribution in [3.63, 3.8) is 0 Å². The number of carbonyl (C=O) groups is 1. The zero-order valence-corrected chi connectivity index (χ0v) is 55.8. The minimum atomic E-state index is -1.79. The topological polar surface area (TPSA) is 228 Å². The molecule has 2 heterocycles. The van der Waals surface area contributed by atoms with Crippen molar-refractivity contribution in [1.82, 2.24) is 5.32 Å². The third-order valence-electron chi connectivity index (χ3n) is 18.1. The van der Waals surface area contributed by atoms with E-state index < -0.39 is 86.8 Å². The number of amides is 1. The maximum Gasteiger partial charge on any atom is 0.220 e. The number of ether oxygens (including phenoxy) is 4. The van der Waals surface area contributed by atoms with Gasteiger partial charge in [0.1, 0.15) is 48.8 Å². The molecule has 2 saturated heterocycles. The highest BCUT2D eigenvalue weighted by Gasteiger charge is 2.51. The Morgan fingerprint density at radius 1 is 0.402 bits per heavy atom. The molecule has 0 aromatic carbocycles. The number of carbonyl (C=O) groups excluding carboxylic acids is 1. The maximum absolute atomic E-state index is 13.3. The van der Waals surface area contributed by atoms with Crippen molar-refractivity contribution < 1.29 is 64.6 Å². The van der Waals surface area contributed by atoms with Crippen molar-refractivity contribution in [1.29, 1.82) is 0 Å². The van der Waals surface area contributed by atoms with Crippen molar-refractivity contribution >= 4 is 5.91 Å². The first-order chi connectivity index (χ1) is 42.6. The van der Waals surface area contributed by atoms with E-state index in [1.165, 1.54) is 250 Å². The fraction of sp³-hybridized carbons (Fsp3) is 0.904. The van der Waals surface area contributed by atoms with Crippen molar-refractivity contribution in [2.24, 2.45) is 0 Å². The summed E-state index contributed by atoms with van der Waals surface area (Å²) >= 11 is 0. The molecule has 1 amide bonds. The second-order valence-electron chi connectivity index (χ2n) is 26.1. The second-order valence-corrected chi connectivity index (χ2v) is 26.1. The number of allylic oxidation sites excluding steroid dienone is 5. The summed E-state index contributed by atoms with van der Waals surface area (Å²) in [6.45, 7) is 2.82. The standard InChI is InChI=1S/C73H137NO13/c1-3-5-7-9-11-13-15-17-19-21-23-25-26-27-28-29-30-31-32-33-34-35-37-39-41-43-45-47-49-51-53-55-57-65(78)74-61(62(77)56-54-52-50-48-46-44-42-40-38-36-24-22-20-18-16-14-12-10-8-6-4-2)60-84-72-70(83)68(81)71(64(59-76)86-72)87-73-69(82)67(80)66(79)63(58-75)85-73/h38,40,46,48,54,56,61-64,66-73,75-77,79-83H,3-37,39,41-45,47,49-53,55,57-60H2,1-2H3,(H,74,78)/b40-38+,48-46+,56-54+. The van der Waals surface area contributed by atoms with Gasteiger partial charge in [-0.2, -0.15) is 0 Å². The molecule has 14 nitrogen and oxygen atoms in total. The van der Waals surface area contributed by atoms with Crippen LogP contribution in [0.1, 0.15) is 328 Å². The Morgan fingerprint density at radius 3 is 1.13 bits per heavy atom. The molecular formula is C73H137NO13. The van der Waals surface area contributed by atoms with E-state index in [0.29, 0.717) is 12.8 Å². The fourth-order valence-electron chi connectivity index (χ4n) is 12.2. The van der Waals surface area contributed by atoms with Crippen LogP contribution in [0.3, 0.4) is 0 Å². The highest BCUT2D eigenvalue weighted by Crippen LogP contribution is 2.30. The Labute approximate surface area is 531 Å². The van der Waals surface area contributed by atoms with Crippen LogP contribution in [0, 0.1) is 0 Å². The minimum absolute atomic E-state index is 0.246. The van der Waals surface area contributed by atoms with E-state index >= 15 is 0 Å². The van der Waals surface area contributed by atoms with Crippen LogP contribution in [0.5, 0.6) is 0 Å². The van der Waals surface area contributed by atoms with Gasteiger partial charge in [0.25, 0.3) is 0 Å². The van der Waals surface area contributed by atoms with Crippen LogP contribution in [0.25, 0.3) is 0 Å². The first-order valence-electron chi connectivity index (χ1n) is 36.7. The number of aliphatic hydroxyl groups is 8. The number of aliphatic hydroxyl groups excluding tert-OH is 8. The van der Waals surface area contributed by atoms with E-state index in [9.17, 15) is 45.6 Å². The monoisotopic (exact) mass is 1240 g/mol. The lowest BCUT2D eigenvalue weighted by molar-refractivity contribution is -0.359. The summed E-state index contributed by atoms with van der Waals surface area (Å²) in [6, 6.07) is -0.937. The molecule has 87 heavy (non-hydrogen) atoms. The van der Waals surface area contributed by atoms with Gasteiger partial charge in [-0.15, -0.1) is 0 Å². The first kappa shape index (κ1) is 81.3. The van der Waals surface area contributed by atoms with Gasteiger partial charge >= 0.3 is 0 Å². The molecule has 2 aliphatic heterocycles. The average molecular weight is 1240 g/mol. The molecule has 2 aliphatic rings. The molecule has 2 fully saturated rings. The molecule has 0 radical (unpaired) electrons. The van der Waals surface area contributed by atoms with Gasteiger partial charge in [0.15, 0.2) is 12.6 Å². The molecule has 512 valence electrons. The molecule has 0 aromatic heterocycles. The number of nitrogens with one attached hydrogen (secondary N) is 1. The lowest BCUT2D eigenvalue weighted by Gasteiger charge is -2.46. The Morgan fingerprint density at radius 2 is 0.736 bits per heavy atom. The van der Waals surface area contributed by atoms with Crippen molar-refractivity contribution in [3.05, 3.63) is 36.5 Å². The van der Waals surface area contributed by atoms with Crippen molar-refractivity contribution in [3.8, 4) is 0 Å². The van der Waals surface area contributed by atoms with Gasteiger partial charge in [-0.05, 0) is 44.9 Å². The van der Waals surface area contributed by atoms with Gasteiger partial charge in [0.05, 0.1) is 32.0 Å². The van der Waals surface area contributed by atoms with Gasteiger partial charge in [0.2, 0.25) is 5.91 Å². The molecule has 0 saturated carbocycles. The number of hydrogen-bond donors (Lipinski definition) is 9. The molecule has 9 N–H and O–H groups in total. The van der Waals surface area contributed by atoms with E-state index in [4.69, 9.17) is 18.9 Å². The Bertz CT molecular complexity index is 1600. The summed E-state index contributed by atoms with van der Waals surface area (Å²) in [5.74, 6) is -0.246. The molecular weight excluding hydrogens is 1100 g/mol. The highest BCUT2D eigenvalue weighted by atomic mass is 16.7.